The van der Waals surface area contributed by atoms with Gasteiger partial charge in [-0.25, -0.2) is 0 Å². The topological polar surface area (TPSA) is 445 Å². The van der Waals surface area contributed by atoms with Gasteiger partial charge in [-0.05, 0) is 117 Å². The maximum atomic E-state index is 14.4. The molecule has 813 valence electrons. The number of carboxylic acids is 1. The second-order valence-electron chi connectivity index (χ2n) is 38.7. The number of carbonyl (C=O) groups excluding carboxylic acids is 11. The first-order valence-electron chi connectivity index (χ1n) is 49.3. The Morgan fingerprint density at radius 1 is 0.486 bits per heavy atom. The molecule has 0 aromatic heterocycles. The number of likely N-dealkylation sites (N-methyl/N-ethyl adjacent to an activating group) is 3. The van der Waals surface area contributed by atoms with E-state index in [1.165, 1.54) is 19.3 Å². The quantitative estimate of drug-likeness (QED) is 0.0335. The Morgan fingerprint density at radius 2 is 0.821 bits per heavy atom. The summed E-state index contributed by atoms with van der Waals surface area (Å²) < 4.78 is 55.8. The van der Waals surface area contributed by atoms with Crippen LogP contribution >= 0.6 is 58.1 Å². The molecule has 140 heavy (non-hydrogen) atoms. The minimum Gasteiger partial charge on any atom is -0.679 e. The molecule has 10 N–H and O–H groups in total. The van der Waals surface area contributed by atoms with E-state index >= 15 is 0 Å². The first-order chi connectivity index (χ1) is 66.1. The number of methoxy groups -OCH3 is 4. The molecule has 2 aromatic rings. The van der Waals surface area contributed by atoms with Crippen LogP contribution in [0.3, 0.4) is 0 Å². The van der Waals surface area contributed by atoms with Crippen LogP contribution in [-0.4, -0.2) is 297 Å². The minimum atomic E-state index is -5.19. The van der Waals surface area contributed by atoms with Gasteiger partial charge in [0.05, 0.1) is 79.3 Å². The second kappa shape index (κ2) is 74.5. The van der Waals surface area contributed by atoms with Gasteiger partial charge in [0.1, 0.15) is 30.1 Å². The van der Waals surface area contributed by atoms with Gasteiger partial charge in [-0.2, -0.15) is 39.4 Å². The molecular formula is C100H171F3I3N16O16Pt2-4. The van der Waals surface area contributed by atoms with Crippen molar-refractivity contribution in [3.05, 3.63) is 100 Å². The monoisotopic (exact) mass is 2680 g/mol. The molecule has 0 bridgehead atoms. The van der Waals surface area contributed by atoms with Crippen molar-refractivity contribution in [1.82, 2.24) is 56.4 Å². The maximum absolute atomic E-state index is 14.4. The Labute approximate surface area is 887 Å². The van der Waals surface area contributed by atoms with Gasteiger partial charge in [0.2, 0.25) is 59.1 Å². The Balaban J connectivity index is 0.00000231. The van der Waals surface area contributed by atoms with Crippen LogP contribution in [0, 0.1) is 71.0 Å². The summed E-state index contributed by atoms with van der Waals surface area (Å²) >= 11 is 9.53. The van der Waals surface area contributed by atoms with Gasteiger partial charge in [-0.15, -0.1) is 13.1 Å². The van der Waals surface area contributed by atoms with Crippen molar-refractivity contribution < 1.29 is 117 Å². The number of alkyl halides is 3. The predicted octanol–water partition coefficient (Wildman–Crippen LogP) is 14.8. The van der Waals surface area contributed by atoms with Crippen LogP contribution in [0.1, 0.15) is 218 Å². The average Bonchev–Trinajstić information content (AvgIpc) is 1.44. The van der Waals surface area contributed by atoms with Crippen molar-refractivity contribution >= 4 is 123 Å². The van der Waals surface area contributed by atoms with Crippen molar-refractivity contribution in [2.45, 2.75) is 305 Å². The zero-order valence-corrected chi connectivity index (χ0v) is 98.4. The number of carbonyl (C=O) groups is 11. The van der Waals surface area contributed by atoms with Gasteiger partial charge in [0, 0.05) is 87.5 Å². The van der Waals surface area contributed by atoms with E-state index in [9.17, 15) is 61.1 Å². The van der Waals surface area contributed by atoms with E-state index < -0.39 is 90.7 Å². The van der Waals surface area contributed by atoms with Gasteiger partial charge in [0.25, 0.3) is 0 Å². The summed E-state index contributed by atoms with van der Waals surface area (Å²) in [6, 6.07) is 14.2. The number of rotatable bonds is 48. The van der Waals surface area contributed by atoms with Gasteiger partial charge < -0.3 is 109 Å². The zero-order valence-electron chi connectivity index (χ0n) is 87.4. The molecule has 0 spiro atoms. The number of benzene rings is 2. The van der Waals surface area contributed by atoms with Crippen LogP contribution < -0.4 is 37.0 Å². The molecule has 3 saturated heterocycles. The van der Waals surface area contributed by atoms with E-state index in [1.54, 1.807) is 71.1 Å². The Morgan fingerprint density at radius 3 is 1.11 bits per heavy atom. The number of nitrogens with zero attached hydrogens (tertiary/aromatic N) is 6. The molecule has 6 rings (SSSR count). The van der Waals surface area contributed by atoms with Crippen LogP contribution in [0.15, 0.2) is 60.7 Å². The van der Waals surface area contributed by atoms with Gasteiger partial charge >= 0.3 is 91.6 Å². The summed E-state index contributed by atoms with van der Waals surface area (Å²) in [4.78, 5) is 157. The third-order valence-corrected chi connectivity index (χ3v) is 26.7. The van der Waals surface area contributed by atoms with Crippen LogP contribution in [0.2, 0.25) is 0 Å². The minimum absolute atomic E-state index is 0.0196. The number of nitrogens with one attached hydrogen (secondary N) is 10. The SMILES string of the molecule is CC[C@H](C)[C@@H]([C@@H](CC(=O)N1CCC[C@H]1[C@H](OC)[C@@H](C)C(=O)N[C@@H](Cc1ccccc1)C(=O)NCC1CCCCC1)OC)N(C)C(=O)[C@@H](NC(=O)[C@H](C(C)C)N(C)C)C(C)C.CC[C@H](C)[C@@H]([C@@H](CC(=O)N1CCC[C@H]1[C@H](OC)[C@@H](C)C(=O)N[C@@H](Cc1ccccc1)C(=O)NCC1CC[N-]CC1)OC)N(C)C(=O)[C@@H](NC(=O)C(C(C)C)C(C)C)C(C)C.O=C([O-])C(F)(F)F.[I][Pt+2][I].[I][Pt].[NH-]CC[NH-].[NH-]CC[NH-]. The number of amides is 10. The van der Waals surface area contributed by atoms with E-state index in [4.69, 9.17) is 51.8 Å². The molecule has 32 nitrogen and oxygen atoms in total. The van der Waals surface area contributed by atoms with Crippen molar-refractivity contribution in [1.29, 1.82) is 0 Å². The van der Waals surface area contributed by atoms with E-state index in [2.05, 4.69) is 132 Å². The average molecular weight is 2680 g/mol. The maximum Gasteiger partial charge on any atom is -0.171 e. The van der Waals surface area contributed by atoms with Crippen LogP contribution in [0.4, 0.5) is 13.2 Å². The number of aliphatic carboxylic acids is 1. The predicted molar refractivity (Wildman–Crippen MR) is 564 cm³/mol. The standard InChI is InChI=1S/C47H80N6O7.C47H79N6O7.C2HF3O2.2C2H6N2.3HI.2Pt/c1-13-32(6)42(52(10)47(58)40(30(2)3)50-46(57)41(31(4)5)51(8)9)38(59-11)28-39(54)53-26-20-25-37(53)43(60-12)33(7)44(55)49-36(27-34-21-16-14-17-22-34)45(56)48-29-35-23-18-15-19-24-35;1-13-32(8)42(52(10)47(58)41(31(6)7)51-46(57)40(29(2)3)30(4)5)38(59-11)27-39(54)53-25-17-20-37(53)43(60-12)33(9)44(55)50-36(26-34-18-15-14-16-19-34)45(56)49-28-35-21-23-48-24-22-35;3-2(4,5)1(6)7;2*3-1-2-4;;;;;/h14,16-17,21-22,30-33,35-38,40-43H,13,15,18-20,23-29H2,1-12H3,(H,48,56)(H,49,55)(H,50,57);14-16,18-19,29-33,35-38,40-43H,13,17,20-28H2,1-12H3,(H,49,56)(H,50,55)(H,51,57);(H,6,7);2*3-4H,1-2H2;3*1H;;/q;-1;;2*-2;;;;+1;+4/p-4/t32-,33+,36-,37-,38+,40-,41-,42-,43+;32-,33+,36-,37-,38+,41-,42-,43+;;;;;;;;/m00......../s1. The number of piperidine rings is 1. The number of carboxylic acid groups (broad SMARTS) is 1. The molecule has 3 aliphatic heterocycles. The number of hydrogen-bond acceptors (Lipinski definition) is 17. The molecule has 0 unspecified atom stereocenters. The Kier molecular flexibility index (Phi) is 72.1. The van der Waals surface area contributed by atoms with E-state index in [0.717, 1.165) is 75.6 Å². The van der Waals surface area contributed by atoms with Crippen LogP contribution in [0.25, 0.3) is 28.3 Å². The second-order valence-corrected chi connectivity index (χ2v) is 55.3. The first-order valence-corrected chi connectivity index (χ1v) is 68.6. The number of hydrogen-bond donors (Lipinski definition) is 6. The Bertz CT molecular complexity index is 3580. The molecule has 4 fully saturated rings. The number of ether oxygens (including phenoxy) is 4. The fraction of sp³-hybridized carbons (Fsp3) is 0.770. The van der Waals surface area contributed by atoms with Crippen molar-refractivity contribution in [3.63, 3.8) is 0 Å². The van der Waals surface area contributed by atoms with Crippen molar-refractivity contribution in [3.8, 4) is 0 Å². The molecule has 1 aliphatic carbocycles. The fourth-order valence-electron chi connectivity index (χ4n) is 18.9. The van der Waals surface area contributed by atoms with Gasteiger partial charge in [-0.1, -0.05) is 216 Å². The molecule has 10 amide bonds. The van der Waals surface area contributed by atoms with E-state index in [1.807, 2.05) is 161 Å². The van der Waals surface area contributed by atoms with Gasteiger partial charge in [-0.3, -0.25) is 52.8 Å². The molecule has 2 aromatic carbocycles. The number of likely N-dealkylation sites (tertiary alicyclic amines) is 2. The largest absolute Gasteiger partial charge is 0.679 e. The van der Waals surface area contributed by atoms with Gasteiger partial charge in [0.15, 0.2) is 0 Å². The van der Waals surface area contributed by atoms with Crippen molar-refractivity contribution in [2.75, 3.05) is 122 Å². The van der Waals surface area contributed by atoms with Crippen LogP contribution in [-0.2, 0) is 112 Å². The smallest absolute Gasteiger partial charge is 0.171 e. The molecule has 3 heterocycles. The molecule has 17 atom stereocenters. The molecule has 4 aliphatic rings. The summed E-state index contributed by atoms with van der Waals surface area (Å²) in [6.45, 7) is 36.3. The third-order valence-electron chi connectivity index (χ3n) is 26.7. The molecular weight excluding hydrogens is 2510 g/mol. The molecule has 1 saturated carbocycles. The summed E-state index contributed by atoms with van der Waals surface area (Å²) in [5.74, 6) is -6.02. The van der Waals surface area contributed by atoms with Crippen molar-refractivity contribution in [2.24, 2.45) is 71.0 Å². The zero-order chi connectivity index (χ0) is 107. The third kappa shape index (κ3) is 47.8. The summed E-state index contributed by atoms with van der Waals surface area (Å²) in [5, 5.41) is 31.7. The van der Waals surface area contributed by atoms with E-state index in [0.29, 0.717) is 74.9 Å². The first kappa shape index (κ1) is 136. The van der Waals surface area contributed by atoms with Crippen LogP contribution in [0.5, 0.6) is 0 Å². The summed E-state index contributed by atoms with van der Waals surface area (Å²) in [5.41, 5.74) is 26.9. The molecule has 0 radical (unpaired) electrons. The normalized spacial score (nSPS) is 18.3. The van der Waals surface area contributed by atoms with E-state index in [-0.39, 0.29) is 158 Å². The number of halogens is 6. The summed E-state index contributed by atoms with van der Waals surface area (Å²) in [7, 11) is 13.5. The summed E-state index contributed by atoms with van der Waals surface area (Å²) in [6.07, 6.45) is 4.96. The Hall–Kier alpha value is -4.43. The molecule has 40 heteroatoms. The fourth-order valence-corrected chi connectivity index (χ4v) is 18.9.